The molecule has 47 heavy (non-hydrogen) atoms. The van der Waals surface area contributed by atoms with Crippen LogP contribution in [0.15, 0.2) is 102 Å². The van der Waals surface area contributed by atoms with Crippen LogP contribution in [0.25, 0.3) is 11.1 Å². The first kappa shape index (κ1) is 33.9. The third-order valence-corrected chi connectivity index (χ3v) is 9.09. The van der Waals surface area contributed by atoms with Gasteiger partial charge in [0, 0.05) is 42.0 Å². The van der Waals surface area contributed by atoms with Crippen molar-refractivity contribution >= 4 is 29.6 Å². The molecule has 1 heterocycles. The van der Waals surface area contributed by atoms with Crippen LogP contribution in [0, 0.1) is 0 Å². The number of carboxylic acid groups (broad SMARTS) is 2. The number of hydrogen-bond acceptors (Lipinski definition) is 7. The molecule has 0 aromatic heterocycles. The number of rotatable bonds is 14. The summed E-state index contributed by atoms with van der Waals surface area (Å²) < 4.78 is 12.9. The fraction of sp³-hybridized carbons (Fsp3) is 0.270. The van der Waals surface area contributed by atoms with Gasteiger partial charge in [0.25, 0.3) is 0 Å². The first-order valence-electron chi connectivity index (χ1n) is 15.4. The van der Waals surface area contributed by atoms with Gasteiger partial charge in [0.15, 0.2) is 6.29 Å². The molecule has 1 amide bonds. The molecule has 9 nitrogen and oxygen atoms in total. The van der Waals surface area contributed by atoms with Gasteiger partial charge in [0.1, 0.15) is 0 Å². The Kier molecular flexibility index (Phi) is 11.8. The number of aliphatic carboxylic acids is 1. The molecule has 244 valence electrons. The zero-order valence-corrected chi connectivity index (χ0v) is 26.5. The number of aliphatic hydroxyl groups is 1. The van der Waals surface area contributed by atoms with Crippen molar-refractivity contribution in [3.63, 3.8) is 0 Å². The summed E-state index contributed by atoms with van der Waals surface area (Å²) in [5.41, 5.74) is 5.77. The zero-order valence-electron chi connectivity index (χ0n) is 25.7. The normalized spacial score (nSPS) is 17.6. The van der Waals surface area contributed by atoms with E-state index in [1.807, 2.05) is 78.9 Å². The molecule has 0 bridgehead atoms. The Morgan fingerprint density at radius 2 is 1.53 bits per heavy atom. The summed E-state index contributed by atoms with van der Waals surface area (Å²) >= 11 is 1.45. The first-order chi connectivity index (χ1) is 22.8. The van der Waals surface area contributed by atoms with E-state index in [2.05, 4.69) is 5.32 Å². The average molecular weight is 656 g/mol. The molecular formula is C37H37NO8S. The molecule has 5 rings (SSSR count). The SMILES string of the molecule is O=C(O)CCCC(=O)NCc1cccc(-c2ccc(C3OC(CSc4ccccc4C(=O)O)CC(c4ccc(CO)cc4)O3)cc2)c1. The Bertz CT molecular complexity index is 1670. The van der Waals surface area contributed by atoms with Gasteiger partial charge in [0.05, 0.1) is 24.4 Å². The minimum Gasteiger partial charge on any atom is -0.481 e. The highest BCUT2D eigenvalue weighted by atomic mass is 32.2. The molecule has 4 N–H and O–H groups in total. The first-order valence-corrected chi connectivity index (χ1v) is 16.4. The number of hydrogen-bond donors (Lipinski definition) is 4. The molecule has 3 unspecified atom stereocenters. The molecule has 1 fully saturated rings. The van der Waals surface area contributed by atoms with Gasteiger partial charge in [-0.15, -0.1) is 11.8 Å². The molecule has 0 radical (unpaired) electrons. The van der Waals surface area contributed by atoms with E-state index in [1.54, 1.807) is 18.2 Å². The number of nitrogens with one attached hydrogen (secondary N) is 1. The number of carboxylic acids is 2. The Balaban J connectivity index is 1.28. The smallest absolute Gasteiger partial charge is 0.336 e. The van der Waals surface area contributed by atoms with E-state index in [-0.39, 0.29) is 43.1 Å². The van der Waals surface area contributed by atoms with Crippen LogP contribution in [0.2, 0.25) is 0 Å². The predicted molar refractivity (Wildman–Crippen MR) is 178 cm³/mol. The summed E-state index contributed by atoms with van der Waals surface area (Å²) in [6.07, 6.45) is -0.118. The maximum Gasteiger partial charge on any atom is 0.336 e. The largest absolute Gasteiger partial charge is 0.481 e. The Labute approximate surface area is 277 Å². The number of aromatic carboxylic acids is 1. The second kappa shape index (κ2) is 16.4. The topological polar surface area (TPSA) is 142 Å². The van der Waals surface area contributed by atoms with Crippen LogP contribution in [-0.4, -0.2) is 45.0 Å². The fourth-order valence-electron chi connectivity index (χ4n) is 5.36. The van der Waals surface area contributed by atoms with Crippen LogP contribution in [0.5, 0.6) is 0 Å². The Morgan fingerprint density at radius 1 is 0.787 bits per heavy atom. The number of carbonyl (C=O) groups is 3. The van der Waals surface area contributed by atoms with E-state index in [1.165, 1.54) is 11.8 Å². The monoisotopic (exact) mass is 655 g/mol. The van der Waals surface area contributed by atoms with Gasteiger partial charge in [0.2, 0.25) is 5.91 Å². The molecule has 4 aromatic rings. The third kappa shape index (κ3) is 9.52. The van der Waals surface area contributed by atoms with Crippen molar-refractivity contribution in [2.75, 3.05) is 5.75 Å². The van der Waals surface area contributed by atoms with Gasteiger partial charge in [-0.2, -0.15) is 0 Å². The maximum absolute atomic E-state index is 12.1. The summed E-state index contributed by atoms with van der Waals surface area (Å²) in [7, 11) is 0. The van der Waals surface area contributed by atoms with Crippen molar-refractivity contribution in [1.82, 2.24) is 5.32 Å². The van der Waals surface area contributed by atoms with Crippen molar-refractivity contribution in [3.8, 4) is 11.1 Å². The maximum atomic E-state index is 12.1. The van der Waals surface area contributed by atoms with E-state index in [9.17, 15) is 24.6 Å². The predicted octanol–water partition coefficient (Wildman–Crippen LogP) is 6.75. The van der Waals surface area contributed by atoms with Gasteiger partial charge in [-0.3, -0.25) is 9.59 Å². The van der Waals surface area contributed by atoms with Crippen LogP contribution >= 0.6 is 11.8 Å². The van der Waals surface area contributed by atoms with Crippen LogP contribution in [-0.2, 0) is 32.2 Å². The fourth-order valence-corrected chi connectivity index (χ4v) is 6.42. The average Bonchev–Trinajstić information content (AvgIpc) is 3.10. The standard InChI is InChI=1S/C37H37NO8S/c39-22-24-11-13-27(14-12-24)32-20-30(23-47-33-8-2-1-7-31(33)36(43)44)45-37(46-32)28-17-15-26(16-18-28)29-6-3-5-25(19-29)21-38-34(40)9-4-10-35(41)42/h1-3,5-8,11-19,30,32,37,39H,4,9-10,20-23H2,(H,38,40)(H,41,42)(H,43,44). The second-order valence-electron chi connectivity index (χ2n) is 11.3. The summed E-state index contributed by atoms with van der Waals surface area (Å²) in [6.45, 7) is 0.302. The van der Waals surface area contributed by atoms with E-state index in [0.717, 1.165) is 33.4 Å². The van der Waals surface area contributed by atoms with Crippen LogP contribution in [0.4, 0.5) is 0 Å². The van der Waals surface area contributed by atoms with Gasteiger partial charge < -0.3 is 30.1 Å². The Morgan fingerprint density at radius 3 is 2.26 bits per heavy atom. The van der Waals surface area contributed by atoms with Gasteiger partial charge in [-0.1, -0.05) is 78.9 Å². The van der Waals surface area contributed by atoms with Crippen LogP contribution in [0.3, 0.4) is 0 Å². The van der Waals surface area contributed by atoms with Gasteiger partial charge in [-0.25, -0.2) is 4.79 Å². The molecule has 0 aliphatic carbocycles. The molecule has 0 spiro atoms. The van der Waals surface area contributed by atoms with Crippen LogP contribution < -0.4 is 5.32 Å². The molecule has 0 saturated carbocycles. The minimum atomic E-state index is -0.968. The number of thioether (sulfide) groups is 1. The highest BCUT2D eigenvalue weighted by Gasteiger charge is 2.32. The number of benzene rings is 4. The minimum absolute atomic E-state index is 0.0326. The lowest BCUT2D eigenvalue weighted by atomic mass is 9.99. The summed E-state index contributed by atoms with van der Waals surface area (Å²) in [6, 6.07) is 30.4. The molecule has 1 saturated heterocycles. The number of ether oxygens (including phenoxy) is 2. The van der Waals surface area contributed by atoms with E-state index in [0.29, 0.717) is 30.0 Å². The summed E-state index contributed by atoms with van der Waals surface area (Å²) in [5.74, 6) is -1.52. The quantitative estimate of drug-likeness (QED) is 0.109. The molecule has 4 aromatic carbocycles. The number of aliphatic hydroxyl groups excluding tert-OH is 1. The number of amides is 1. The third-order valence-electron chi connectivity index (χ3n) is 7.88. The van der Waals surface area contributed by atoms with Crippen molar-refractivity contribution < 1.29 is 39.2 Å². The van der Waals surface area contributed by atoms with E-state index < -0.39 is 18.2 Å². The Hall–Kier alpha value is -4.48. The number of carbonyl (C=O) groups excluding carboxylic acids is 1. The van der Waals surface area contributed by atoms with Crippen molar-refractivity contribution in [3.05, 3.63) is 125 Å². The molecule has 3 atom stereocenters. The van der Waals surface area contributed by atoms with Crippen molar-refractivity contribution in [2.24, 2.45) is 0 Å². The molecule has 10 heteroatoms. The molecule has 1 aliphatic rings. The lowest BCUT2D eigenvalue weighted by molar-refractivity contribution is -0.245. The summed E-state index contributed by atoms with van der Waals surface area (Å²) in [5, 5.41) is 30.7. The van der Waals surface area contributed by atoms with Gasteiger partial charge in [-0.05, 0) is 52.4 Å². The zero-order chi connectivity index (χ0) is 33.2. The highest BCUT2D eigenvalue weighted by Crippen LogP contribution is 2.40. The summed E-state index contributed by atoms with van der Waals surface area (Å²) in [4.78, 5) is 35.2. The lowest BCUT2D eigenvalue weighted by Crippen LogP contribution is -2.31. The van der Waals surface area contributed by atoms with E-state index in [4.69, 9.17) is 14.6 Å². The van der Waals surface area contributed by atoms with E-state index >= 15 is 0 Å². The molecule has 1 aliphatic heterocycles. The van der Waals surface area contributed by atoms with Crippen molar-refractivity contribution in [1.29, 1.82) is 0 Å². The second-order valence-corrected chi connectivity index (χ2v) is 12.4. The lowest BCUT2D eigenvalue weighted by Gasteiger charge is -2.36. The van der Waals surface area contributed by atoms with Gasteiger partial charge >= 0.3 is 11.9 Å². The highest BCUT2D eigenvalue weighted by molar-refractivity contribution is 7.99. The van der Waals surface area contributed by atoms with Crippen molar-refractivity contribution in [2.45, 2.75) is 62.2 Å². The molecular weight excluding hydrogens is 618 g/mol. The van der Waals surface area contributed by atoms with Crippen LogP contribution in [0.1, 0.15) is 70.7 Å².